The summed E-state index contributed by atoms with van der Waals surface area (Å²) in [6.45, 7) is 6.67. The fourth-order valence-electron chi connectivity index (χ4n) is 1.61. The van der Waals surface area contributed by atoms with Gasteiger partial charge < -0.3 is 9.47 Å². The van der Waals surface area contributed by atoms with Crippen molar-refractivity contribution in [1.82, 2.24) is 0 Å². The zero-order valence-electron chi connectivity index (χ0n) is 9.13. The minimum absolute atomic E-state index is 0.166. The van der Waals surface area contributed by atoms with E-state index in [1.807, 2.05) is 6.92 Å². The Labute approximate surface area is 85.1 Å². The second-order valence-electron chi connectivity index (χ2n) is 3.67. The maximum Gasteiger partial charge on any atom is 0.302 e. The van der Waals surface area contributed by atoms with Gasteiger partial charge in [0.15, 0.2) is 0 Å². The average molecular weight is 198 g/mol. The maximum absolute atomic E-state index is 10.7. The molecule has 14 heavy (non-hydrogen) atoms. The Kier molecular flexibility index (Phi) is 4.14. The molecule has 3 heteroatoms. The van der Waals surface area contributed by atoms with E-state index in [4.69, 9.17) is 9.47 Å². The first-order valence-corrected chi connectivity index (χ1v) is 5.08. The van der Waals surface area contributed by atoms with E-state index in [-0.39, 0.29) is 12.1 Å². The van der Waals surface area contributed by atoms with Crippen LogP contribution in [0.25, 0.3) is 0 Å². The molecular formula is C11H18O3. The zero-order valence-corrected chi connectivity index (χ0v) is 9.13. The van der Waals surface area contributed by atoms with Gasteiger partial charge in [-0.05, 0) is 24.5 Å². The lowest BCUT2D eigenvalue weighted by molar-refractivity contribution is -0.140. The molecule has 0 amide bonds. The van der Waals surface area contributed by atoms with Crippen LogP contribution in [0.5, 0.6) is 0 Å². The van der Waals surface area contributed by atoms with Gasteiger partial charge in [-0.3, -0.25) is 4.79 Å². The Morgan fingerprint density at radius 3 is 2.93 bits per heavy atom. The number of carbonyl (C=O) groups excluding carboxylic acids is 1. The second kappa shape index (κ2) is 5.15. The van der Waals surface area contributed by atoms with Crippen LogP contribution >= 0.6 is 0 Å². The van der Waals surface area contributed by atoms with E-state index in [1.165, 1.54) is 12.5 Å². The third kappa shape index (κ3) is 2.84. The summed E-state index contributed by atoms with van der Waals surface area (Å²) in [4.78, 5) is 10.7. The van der Waals surface area contributed by atoms with E-state index in [0.717, 1.165) is 18.4 Å². The first kappa shape index (κ1) is 11.2. The second-order valence-corrected chi connectivity index (χ2v) is 3.67. The van der Waals surface area contributed by atoms with Crippen molar-refractivity contribution in [2.75, 3.05) is 13.2 Å². The number of hydrogen-bond donors (Lipinski definition) is 0. The van der Waals surface area contributed by atoms with Crippen molar-refractivity contribution in [2.24, 2.45) is 0 Å². The molecule has 1 aliphatic heterocycles. The summed E-state index contributed by atoms with van der Waals surface area (Å²) in [5, 5.41) is 0. The van der Waals surface area contributed by atoms with Gasteiger partial charge in [0.25, 0.3) is 0 Å². The predicted octanol–water partition coefficient (Wildman–Crippen LogP) is 2.06. The molecule has 1 aliphatic rings. The lowest BCUT2D eigenvalue weighted by Gasteiger charge is -2.13. The zero-order chi connectivity index (χ0) is 10.6. The summed E-state index contributed by atoms with van der Waals surface area (Å²) in [5.41, 5.74) is 2.37. The van der Waals surface area contributed by atoms with Gasteiger partial charge in [0.05, 0.1) is 12.7 Å². The predicted molar refractivity (Wildman–Crippen MR) is 54.0 cm³/mol. The highest BCUT2D eigenvalue weighted by Gasteiger charge is 2.23. The molecule has 0 spiro atoms. The summed E-state index contributed by atoms with van der Waals surface area (Å²) < 4.78 is 10.6. The van der Waals surface area contributed by atoms with E-state index in [0.29, 0.717) is 13.2 Å². The Hall–Kier alpha value is -0.830. The van der Waals surface area contributed by atoms with E-state index in [2.05, 4.69) is 6.92 Å². The van der Waals surface area contributed by atoms with Gasteiger partial charge in [-0.2, -0.15) is 0 Å². The summed E-state index contributed by atoms with van der Waals surface area (Å²) in [7, 11) is 0. The number of hydrogen-bond acceptors (Lipinski definition) is 3. The number of rotatable bonds is 4. The Balaban J connectivity index is 2.52. The standard InChI is InChI=1S/C11H18O3/c1-4-5-11-10(7-13-9(3)12)8(2)6-14-11/h11H,4-7H2,1-3H3/t11-/m1/s1. The van der Waals surface area contributed by atoms with Crippen LogP contribution in [-0.2, 0) is 14.3 Å². The molecule has 0 aromatic heterocycles. The number of esters is 1. The van der Waals surface area contributed by atoms with Gasteiger partial charge in [0, 0.05) is 6.92 Å². The molecule has 3 nitrogen and oxygen atoms in total. The summed E-state index contributed by atoms with van der Waals surface area (Å²) in [6.07, 6.45) is 2.26. The van der Waals surface area contributed by atoms with Crippen LogP contribution in [0.3, 0.4) is 0 Å². The monoisotopic (exact) mass is 198 g/mol. The number of carbonyl (C=O) groups is 1. The first-order chi connectivity index (χ1) is 6.65. The van der Waals surface area contributed by atoms with Crippen LogP contribution in [-0.4, -0.2) is 25.3 Å². The maximum atomic E-state index is 10.7. The quantitative estimate of drug-likeness (QED) is 0.512. The SMILES string of the molecule is CCC[C@H]1OCC(C)=C1COC(C)=O. The van der Waals surface area contributed by atoms with Gasteiger partial charge in [-0.1, -0.05) is 13.3 Å². The molecule has 80 valence electrons. The number of ether oxygens (including phenoxy) is 2. The molecule has 0 aromatic rings. The lowest BCUT2D eigenvalue weighted by Crippen LogP contribution is -2.15. The van der Waals surface area contributed by atoms with E-state index in [1.54, 1.807) is 0 Å². The van der Waals surface area contributed by atoms with Crippen molar-refractivity contribution in [1.29, 1.82) is 0 Å². The largest absolute Gasteiger partial charge is 0.461 e. The van der Waals surface area contributed by atoms with Crippen molar-refractivity contribution in [3.05, 3.63) is 11.1 Å². The van der Waals surface area contributed by atoms with Gasteiger partial charge in [-0.25, -0.2) is 0 Å². The molecule has 1 heterocycles. The van der Waals surface area contributed by atoms with Crippen LogP contribution in [0.4, 0.5) is 0 Å². The summed E-state index contributed by atoms with van der Waals surface area (Å²) >= 11 is 0. The van der Waals surface area contributed by atoms with Crippen molar-refractivity contribution >= 4 is 5.97 Å². The molecular weight excluding hydrogens is 180 g/mol. The Bertz CT molecular complexity index is 243. The minimum atomic E-state index is -0.229. The van der Waals surface area contributed by atoms with Gasteiger partial charge in [0.1, 0.15) is 6.61 Å². The fourth-order valence-corrected chi connectivity index (χ4v) is 1.61. The molecule has 0 saturated carbocycles. The van der Waals surface area contributed by atoms with Crippen molar-refractivity contribution in [3.63, 3.8) is 0 Å². The molecule has 1 atom stereocenters. The summed E-state index contributed by atoms with van der Waals surface area (Å²) in [5.74, 6) is -0.229. The first-order valence-electron chi connectivity index (χ1n) is 5.08. The molecule has 1 rings (SSSR count). The van der Waals surface area contributed by atoms with Gasteiger partial charge in [-0.15, -0.1) is 0 Å². The average Bonchev–Trinajstić information content (AvgIpc) is 2.45. The Morgan fingerprint density at radius 2 is 2.36 bits per heavy atom. The van der Waals surface area contributed by atoms with Crippen LogP contribution in [0, 0.1) is 0 Å². The van der Waals surface area contributed by atoms with E-state index in [9.17, 15) is 4.79 Å². The molecule has 0 aromatic carbocycles. The highest BCUT2D eigenvalue weighted by atomic mass is 16.5. The van der Waals surface area contributed by atoms with Crippen molar-refractivity contribution in [3.8, 4) is 0 Å². The molecule has 0 N–H and O–H groups in total. The van der Waals surface area contributed by atoms with Crippen molar-refractivity contribution in [2.45, 2.75) is 39.7 Å². The highest BCUT2D eigenvalue weighted by molar-refractivity contribution is 5.66. The Morgan fingerprint density at radius 1 is 1.64 bits per heavy atom. The smallest absolute Gasteiger partial charge is 0.302 e. The van der Waals surface area contributed by atoms with Gasteiger partial charge in [0.2, 0.25) is 0 Å². The normalized spacial score (nSPS) is 21.5. The lowest BCUT2D eigenvalue weighted by atomic mass is 10.0. The third-order valence-electron chi connectivity index (χ3n) is 2.42. The van der Waals surface area contributed by atoms with Gasteiger partial charge >= 0.3 is 5.97 Å². The van der Waals surface area contributed by atoms with Crippen LogP contribution in [0.1, 0.15) is 33.6 Å². The minimum Gasteiger partial charge on any atom is -0.461 e. The molecule has 0 aliphatic carbocycles. The van der Waals surface area contributed by atoms with Crippen molar-refractivity contribution < 1.29 is 14.3 Å². The highest BCUT2D eigenvalue weighted by Crippen LogP contribution is 2.24. The third-order valence-corrected chi connectivity index (χ3v) is 2.42. The molecule has 0 bridgehead atoms. The molecule has 0 fully saturated rings. The molecule has 0 unspecified atom stereocenters. The van der Waals surface area contributed by atoms with Crippen LogP contribution in [0.15, 0.2) is 11.1 Å². The summed E-state index contributed by atoms with van der Waals surface area (Å²) in [6, 6.07) is 0. The topological polar surface area (TPSA) is 35.5 Å². The van der Waals surface area contributed by atoms with E-state index >= 15 is 0 Å². The van der Waals surface area contributed by atoms with Crippen LogP contribution < -0.4 is 0 Å². The molecule has 0 radical (unpaired) electrons. The van der Waals surface area contributed by atoms with E-state index < -0.39 is 0 Å². The molecule has 0 saturated heterocycles. The van der Waals surface area contributed by atoms with Crippen LogP contribution in [0.2, 0.25) is 0 Å². The fraction of sp³-hybridized carbons (Fsp3) is 0.727.